The molecule has 1 atom stereocenters. The molecule has 0 saturated carbocycles. The lowest BCUT2D eigenvalue weighted by Gasteiger charge is -2.32. The van der Waals surface area contributed by atoms with Gasteiger partial charge in [0.15, 0.2) is 0 Å². The maximum Gasteiger partial charge on any atom is 0.216 e. The summed E-state index contributed by atoms with van der Waals surface area (Å²) in [6.45, 7) is 5.62. The van der Waals surface area contributed by atoms with Crippen LogP contribution in [-0.4, -0.2) is 52.9 Å². The van der Waals surface area contributed by atoms with Gasteiger partial charge in [-0.2, -0.15) is 5.10 Å². The van der Waals surface area contributed by atoms with Crippen LogP contribution in [0, 0.1) is 0 Å². The Hall–Kier alpha value is -2.18. The van der Waals surface area contributed by atoms with E-state index in [0.29, 0.717) is 6.54 Å². The molecule has 1 aliphatic heterocycles. The van der Waals surface area contributed by atoms with Gasteiger partial charge in [-0.1, -0.05) is 18.2 Å². The molecule has 0 radical (unpaired) electrons. The van der Waals surface area contributed by atoms with Crippen molar-refractivity contribution >= 4 is 5.91 Å². The number of amides is 1. The van der Waals surface area contributed by atoms with Gasteiger partial charge in [-0.15, -0.1) is 0 Å². The molecule has 0 unspecified atom stereocenters. The molecule has 2 aromatic rings. The summed E-state index contributed by atoms with van der Waals surface area (Å²) in [5, 5.41) is 7.28. The predicted molar refractivity (Wildman–Crippen MR) is 91.9 cm³/mol. The first kappa shape index (κ1) is 16.7. The molecule has 0 bridgehead atoms. The highest BCUT2D eigenvalue weighted by atomic mass is 16.5. The smallest absolute Gasteiger partial charge is 0.216 e. The SMILES string of the molecule is CC(=O)NCC[C@H]1CN(Cc2cnn(-c3ccccc3)c2)CCO1. The van der Waals surface area contributed by atoms with Crippen LogP contribution in [0.4, 0.5) is 0 Å². The minimum absolute atomic E-state index is 0.0102. The first-order valence-corrected chi connectivity index (χ1v) is 8.38. The Balaban J connectivity index is 1.52. The lowest BCUT2D eigenvalue weighted by molar-refractivity contribution is -0.119. The van der Waals surface area contributed by atoms with Crippen molar-refractivity contribution in [3.8, 4) is 5.69 Å². The zero-order valence-corrected chi connectivity index (χ0v) is 14.0. The summed E-state index contributed by atoms with van der Waals surface area (Å²) in [4.78, 5) is 13.3. The van der Waals surface area contributed by atoms with Gasteiger partial charge in [-0.3, -0.25) is 9.69 Å². The molecule has 2 heterocycles. The van der Waals surface area contributed by atoms with E-state index in [-0.39, 0.29) is 12.0 Å². The number of hydrogen-bond donors (Lipinski definition) is 1. The molecule has 1 aliphatic rings. The fourth-order valence-electron chi connectivity index (χ4n) is 2.93. The standard InChI is InChI=1S/C18H24N4O2/c1-15(23)19-8-7-18-14-21(9-10-24-18)12-16-11-20-22(13-16)17-5-3-2-4-6-17/h2-6,11,13,18H,7-10,12,14H2,1H3,(H,19,23)/t18-/m0/s1. The van der Waals surface area contributed by atoms with Crippen molar-refractivity contribution in [3.05, 3.63) is 48.3 Å². The molecule has 3 rings (SSSR count). The minimum atomic E-state index is 0.0102. The number of nitrogens with zero attached hydrogens (tertiary/aromatic N) is 3. The highest BCUT2D eigenvalue weighted by molar-refractivity contribution is 5.72. The first-order chi connectivity index (χ1) is 11.7. The second-order valence-electron chi connectivity index (χ2n) is 6.13. The Morgan fingerprint density at radius 2 is 2.21 bits per heavy atom. The third-order valence-electron chi connectivity index (χ3n) is 4.13. The molecule has 6 nitrogen and oxygen atoms in total. The zero-order valence-electron chi connectivity index (χ0n) is 14.0. The number of hydrogen-bond acceptors (Lipinski definition) is 4. The van der Waals surface area contributed by atoms with Crippen LogP contribution >= 0.6 is 0 Å². The van der Waals surface area contributed by atoms with Crippen molar-refractivity contribution in [2.75, 3.05) is 26.2 Å². The van der Waals surface area contributed by atoms with Crippen molar-refractivity contribution in [2.45, 2.75) is 26.0 Å². The molecule has 1 amide bonds. The third-order valence-corrected chi connectivity index (χ3v) is 4.13. The van der Waals surface area contributed by atoms with E-state index in [1.165, 1.54) is 5.56 Å². The van der Waals surface area contributed by atoms with E-state index < -0.39 is 0 Å². The van der Waals surface area contributed by atoms with Gasteiger partial charge in [0.1, 0.15) is 0 Å². The molecule has 1 saturated heterocycles. The van der Waals surface area contributed by atoms with Crippen molar-refractivity contribution in [1.29, 1.82) is 0 Å². The molecule has 1 N–H and O–H groups in total. The number of morpholine rings is 1. The van der Waals surface area contributed by atoms with Gasteiger partial charge >= 0.3 is 0 Å². The zero-order chi connectivity index (χ0) is 16.8. The van der Waals surface area contributed by atoms with Gasteiger partial charge in [0.25, 0.3) is 0 Å². The number of carbonyl (C=O) groups excluding carboxylic acids is 1. The molecular formula is C18H24N4O2. The molecule has 1 aromatic heterocycles. The van der Waals surface area contributed by atoms with Gasteiger partial charge in [0, 0.05) is 44.9 Å². The summed E-state index contributed by atoms with van der Waals surface area (Å²) in [7, 11) is 0. The van der Waals surface area contributed by atoms with E-state index in [1.807, 2.05) is 41.2 Å². The number of benzene rings is 1. The highest BCUT2D eigenvalue weighted by Gasteiger charge is 2.20. The fraction of sp³-hybridized carbons (Fsp3) is 0.444. The van der Waals surface area contributed by atoms with E-state index in [9.17, 15) is 4.79 Å². The van der Waals surface area contributed by atoms with Gasteiger partial charge in [-0.25, -0.2) is 4.68 Å². The summed E-state index contributed by atoms with van der Waals surface area (Å²) in [6.07, 6.45) is 5.03. The summed E-state index contributed by atoms with van der Waals surface area (Å²) in [5.41, 5.74) is 2.26. The molecular weight excluding hydrogens is 304 g/mol. The van der Waals surface area contributed by atoms with Crippen molar-refractivity contribution < 1.29 is 9.53 Å². The average Bonchev–Trinajstić information content (AvgIpc) is 3.04. The maximum absolute atomic E-state index is 10.9. The summed E-state index contributed by atoms with van der Waals surface area (Å²) >= 11 is 0. The number of ether oxygens (including phenoxy) is 1. The normalized spacial score (nSPS) is 18.5. The number of carbonyl (C=O) groups is 1. The minimum Gasteiger partial charge on any atom is -0.375 e. The predicted octanol–water partition coefficient (Wildman–Crippen LogP) is 1.60. The monoisotopic (exact) mass is 328 g/mol. The van der Waals surface area contributed by atoms with E-state index in [4.69, 9.17) is 4.74 Å². The highest BCUT2D eigenvalue weighted by Crippen LogP contribution is 2.13. The Kier molecular flexibility index (Phi) is 5.61. The van der Waals surface area contributed by atoms with Crippen LogP contribution in [0.1, 0.15) is 18.9 Å². The van der Waals surface area contributed by atoms with Crippen molar-refractivity contribution in [1.82, 2.24) is 20.0 Å². The summed E-state index contributed by atoms with van der Waals surface area (Å²) < 4.78 is 7.70. The number of para-hydroxylation sites is 1. The fourth-order valence-corrected chi connectivity index (χ4v) is 2.93. The molecule has 6 heteroatoms. The van der Waals surface area contributed by atoms with E-state index in [0.717, 1.165) is 38.3 Å². The largest absolute Gasteiger partial charge is 0.375 e. The van der Waals surface area contributed by atoms with Crippen LogP contribution in [0.25, 0.3) is 5.69 Å². The topological polar surface area (TPSA) is 59.4 Å². The van der Waals surface area contributed by atoms with Crippen LogP contribution in [0.3, 0.4) is 0 Å². The van der Waals surface area contributed by atoms with E-state index >= 15 is 0 Å². The van der Waals surface area contributed by atoms with Crippen LogP contribution in [0.15, 0.2) is 42.7 Å². The van der Waals surface area contributed by atoms with E-state index in [1.54, 1.807) is 6.92 Å². The van der Waals surface area contributed by atoms with Crippen LogP contribution in [-0.2, 0) is 16.1 Å². The van der Waals surface area contributed by atoms with Crippen LogP contribution < -0.4 is 5.32 Å². The molecule has 0 aliphatic carbocycles. The van der Waals surface area contributed by atoms with Gasteiger partial charge in [0.05, 0.1) is 24.6 Å². The summed E-state index contributed by atoms with van der Waals surface area (Å²) in [5.74, 6) is 0.0102. The van der Waals surface area contributed by atoms with Crippen molar-refractivity contribution in [3.63, 3.8) is 0 Å². The lowest BCUT2D eigenvalue weighted by Crippen LogP contribution is -2.43. The second-order valence-corrected chi connectivity index (χ2v) is 6.13. The lowest BCUT2D eigenvalue weighted by atomic mass is 10.2. The van der Waals surface area contributed by atoms with Gasteiger partial charge in [-0.05, 0) is 18.6 Å². The van der Waals surface area contributed by atoms with Gasteiger partial charge < -0.3 is 10.1 Å². The number of rotatable bonds is 6. The first-order valence-electron chi connectivity index (χ1n) is 8.38. The number of aromatic nitrogens is 2. The molecule has 24 heavy (non-hydrogen) atoms. The van der Waals surface area contributed by atoms with E-state index in [2.05, 4.69) is 21.5 Å². The van der Waals surface area contributed by atoms with Crippen LogP contribution in [0.2, 0.25) is 0 Å². The molecule has 128 valence electrons. The second kappa shape index (κ2) is 8.08. The average molecular weight is 328 g/mol. The quantitative estimate of drug-likeness (QED) is 0.875. The Morgan fingerprint density at radius 3 is 3.00 bits per heavy atom. The van der Waals surface area contributed by atoms with Gasteiger partial charge in [0.2, 0.25) is 5.91 Å². The Morgan fingerprint density at radius 1 is 1.38 bits per heavy atom. The Labute approximate surface area is 142 Å². The Bertz CT molecular complexity index is 656. The van der Waals surface area contributed by atoms with Crippen molar-refractivity contribution in [2.24, 2.45) is 0 Å². The maximum atomic E-state index is 10.9. The number of nitrogens with one attached hydrogen (secondary N) is 1. The molecule has 1 fully saturated rings. The summed E-state index contributed by atoms with van der Waals surface area (Å²) in [6, 6.07) is 10.1. The molecule has 1 aromatic carbocycles. The third kappa shape index (κ3) is 4.66. The molecule has 0 spiro atoms. The van der Waals surface area contributed by atoms with Crippen LogP contribution in [0.5, 0.6) is 0 Å².